The summed E-state index contributed by atoms with van der Waals surface area (Å²) < 4.78 is 60.5. The summed E-state index contributed by atoms with van der Waals surface area (Å²) in [5, 5.41) is 5.40. The topological polar surface area (TPSA) is 120 Å². The molecular weight excluding hydrogens is 570 g/mol. The smallest absolute Gasteiger partial charge is 0.407 e. The normalized spacial score (nSPS) is 21.5. The second kappa shape index (κ2) is 16.7. The van der Waals surface area contributed by atoms with Crippen molar-refractivity contribution in [3.8, 4) is 0 Å². The summed E-state index contributed by atoms with van der Waals surface area (Å²) in [6.07, 6.45) is 2.92. The molecular formula is C28H50ClF4N3O5. The maximum absolute atomic E-state index is 12.8. The number of carbonyl (C=O) groups excluding carboxylic acids is 3. The summed E-state index contributed by atoms with van der Waals surface area (Å²) in [5.41, 5.74) is 4.41. The van der Waals surface area contributed by atoms with E-state index in [-0.39, 0.29) is 68.1 Å². The van der Waals surface area contributed by atoms with Crippen LogP contribution in [0.5, 0.6) is 0 Å². The highest BCUT2D eigenvalue weighted by molar-refractivity contribution is 5.85. The van der Waals surface area contributed by atoms with Crippen molar-refractivity contribution in [1.82, 2.24) is 10.6 Å². The molecule has 13 heteroatoms. The Morgan fingerprint density at radius 2 is 1.02 bits per heavy atom. The number of carbonyl (C=O) groups is 3. The highest BCUT2D eigenvalue weighted by atomic mass is 35.5. The van der Waals surface area contributed by atoms with Crippen molar-refractivity contribution in [2.24, 2.45) is 5.73 Å². The predicted octanol–water partition coefficient (Wildman–Crippen LogP) is 7.06. The quantitative estimate of drug-likeness (QED) is 0.285. The Hall–Kier alpha value is -1.82. The summed E-state index contributed by atoms with van der Waals surface area (Å²) in [6, 6.07) is -0.0725. The van der Waals surface area contributed by atoms with Crippen LogP contribution >= 0.6 is 12.4 Å². The molecule has 242 valence electrons. The van der Waals surface area contributed by atoms with E-state index in [1.807, 2.05) is 20.8 Å². The zero-order valence-electron chi connectivity index (χ0n) is 25.3. The summed E-state index contributed by atoms with van der Waals surface area (Å²) in [7, 11) is 0. The predicted molar refractivity (Wildman–Crippen MR) is 152 cm³/mol. The van der Waals surface area contributed by atoms with Crippen LogP contribution in [0.2, 0.25) is 0 Å². The minimum absolute atomic E-state index is 0. The molecule has 0 aromatic rings. The first-order chi connectivity index (χ1) is 18.1. The fourth-order valence-electron chi connectivity index (χ4n) is 4.28. The highest BCUT2D eigenvalue weighted by Crippen LogP contribution is 2.33. The van der Waals surface area contributed by atoms with Crippen LogP contribution in [-0.2, 0) is 14.3 Å². The van der Waals surface area contributed by atoms with Gasteiger partial charge in [-0.2, -0.15) is 0 Å². The molecule has 0 bridgehead atoms. The third-order valence-electron chi connectivity index (χ3n) is 6.46. The number of hydrogen-bond donors (Lipinski definition) is 3. The second-order valence-corrected chi connectivity index (χ2v) is 12.9. The molecule has 0 atom stereocenters. The van der Waals surface area contributed by atoms with E-state index in [2.05, 4.69) is 10.6 Å². The zero-order chi connectivity index (χ0) is 30.8. The van der Waals surface area contributed by atoms with E-state index in [0.717, 1.165) is 12.8 Å². The Bertz CT molecular complexity index is 805. The van der Waals surface area contributed by atoms with Gasteiger partial charge in [0.05, 0.1) is 0 Å². The lowest BCUT2D eigenvalue weighted by Crippen LogP contribution is -2.42. The summed E-state index contributed by atoms with van der Waals surface area (Å²) >= 11 is 0. The highest BCUT2D eigenvalue weighted by Gasteiger charge is 2.36. The van der Waals surface area contributed by atoms with Crippen molar-refractivity contribution < 1.29 is 41.4 Å². The van der Waals surface area contributed by atoms with E-state index in [1.54, 1.807) is 20.8 Å². The van der Waals surface area contributed by atoms with Gasteiger partial charge in [0.2, 0.25) is 11.8 Å². The van der Waals surface area contributed by atoms with Gasteiger partial charge in [0.25, 0.3) is 0 Å². The number of amides is 2. The van der Waals surface area contributed by atoms with Crippen molar-refractivity contribution in [3.63, 3.8) is 0 Å². The third kappa shape index (κ3) is 19.8. The van der Waals surface area contributed by atoms with Crippen molar-refractivity contribution >= 4 is 30.4 Å². The first kappa shape index (κ1) is 39.2. The van der Waals surface area contributed by atoms with E-state index in [9.17, 15) is 31.9 Å². The number of alkyl halides is 4. The molecule has 0 radical (unpaired) electrons. The number of halogens is 5. The number of hydrogen-bond acceptors (Lipinski definition) is 6. The molecule has 3 fully saturated rings. The van der Waals surface area contributed by atoms with Crippen molar-refractivity contribution in [2.45, 2.75) is 160 Å². The van der Waals surface area contributed by atoms with Gasteiger partial charge in [0.15, 0.2) is 0 Å². The van der Waals surface area contributed by atoms with Crippen LogP contribution in [0.1, 0.15) is 119 Å². The van der Waals surface area contributed by atoms with Gasteiger partial charge in [-0.1, -0.05) is 0 Å². The van der Waals surface area contributed by atoms with Gasteiger partial charge >= 0.3 is 12.2 Å². The van der Waals surface area contributed by atoms with Crippen molar-refractivity contribution in [1.29, 1.82) is 0 Å². The number of ether oxygens (including phenoxy) is 2. The van der Waals surface area contributed by atoms with E-state index in [0.29, 0.717) is 38.5 Å². The van der Waals surface area contributed by atoms with E-state index >= 15 is 0 Å². The van der Waals surface area contributed by atoms with Crippen molar-refractivity contribution in [3.05, 3.63) is 0 Å². The molecule has 3 saturated carbocycles. The molecule has 0 aliphatic heterocycles. The first-order valence-corrected chi connectivity index (χ1v) is 14.2. The van der Waals surface area contributed by atoms with E-state index in [1.165, 1.54) is 0 Å². The Morgan fingerprint density at radius 1 is 0.707 bits per heavy atom. The molecule has 0 saturated heterocycles. The molecule has 3 aliphatic carbocycles. The van der Waals surface area contributed by atoms with Crippen LogP contribution in [0.15, 0.2) is 0 Å². The third-order valence-corrected chi connectivity index (χ3v) is 6.46. The molecule has 2 amide bonds. The standard InChI is InChI=1S/C11H19F2NO2.C11H19NO3.C6H11F2N.ClH/c1-10(2,3)16-9(15)14-8-4-6-11(12,13)7-5-8;1-11(2,3)15-10(14)12-8-4-6-9(13)7-5-8;7-6(8)3-1-5(9)2-4-6;/h8H,4-7H2,1-3H3,(H,14,15);8H,4-7H2,1-3H3,(H,12,14);5H,1-4,9H2;1H. The molecule has 3 rings (SSSR count). The average Bonchev–Trinajstić information content (AvgIpc) is 2.77. The van der Waals surface area contributed by atoms with Gasteiger partial charge < -0.3 is 25.8 Å². The van der Waals surface area contributed by atoms with Crippen LogP contribution in [0, 0.1) is 0 Å². The number of alkyl carbamates (subject to hydrolysis) is 2. The summed E-state index contributed by atoms with van der Waals surface area (Å²) in [5.74, 6) is -4.70. The molecule has 0 spiro atoms. The fourth-order valence-corrected chi connectivity index (χ4v) is 4.28. The number of nitrogens with two attached hydrogens (primary N) is 1. The minimum atomic E-state index is -2.56. The lowest BCUT2D eigenvalue weighted by atomic mass is 9.92. The molecule has 8 nitrogen and oxygen atoms in total. The maximum atomic E-state index is 12.8. The Labute approximate surface area is 248 Å². The Kier molecular flexibility index (Phi) is 16.0. The maximum Gasteiger partial charge on any atom is 0.407 e. The molecule has 0 heterocycles. The van der Waals surface area contributed by atoms with Crippen LogP contribution in [0.4, 0.5) is 27.2 Å². The fraction of sp³-hybridized carbons (Fsp3) is 0.893. The Balaban J connectivity index is 0.000000599. The molecule has 0 unspecified atom stereocenters. The monoisotopic (exact) mass is 619 g/mol. The van der Waals surface area contributed by atoms with E-state index < -0.39 is 29.1 Å². The van der Waals surface area contributed by atoms with Crippen LogP contribution in [0.25, 0.3) is 0 Å². The number of nitrogens with one attached hydrogen (secondary N) is 2. The van der Waals surface area contributed by atoms with Gasteiger partial charge in [-0.25, -0.2) is 27.2 Å². The summed E-state index contributed by atoms with van der Waals surface area (Å²) in [6.45, 7) is 10.8. The minimum Gasteiger partial charge on any atom is -0.444 e. The molecule has 0 aromatic carbocycles. The van der Waals surface area contributed by atoms with Gasteiger partial charge in [0.1, 0.15) is 17.0 Å². The first-order valence-electron chi connectivity index (χ1n) is 14.2. The average molecular weight is 620 g/mol. The van der Waals surface area contributed by atoms with Crippen molar-refractivity contribution in [2.75, 3.05) is 0 Å². The van der Waals surface area contributed by atoms with Gasteiger partial charge in [-0.3, -0.25) is 4.79 Å². The Morgan fingerprint density at radius 3 is 1.34 bits per heavy atom. The second-order valence-electron chi connectivity index (χ2n) is 12.9. The lowest BCUT2D eigenvalue weighted by Gasteiger charge is -2.29. The van der Waals surface area contributed by atoms with E-state index in [4.69, 9.17) is 15.2 Å². The zero-order valence-corrected chi connectivity index (χ0v) is 26.1. The number of ketones is 1. The SMILES string of the molecule is CC(C)(C)OC(=O)NC1CCC(=O)CC1.CC(C)(C)OC(=O)NC1CCC(F)(F)CC1.Cl.NC1CCC(F)(F)CC1. The number of rotatable bonds is 2. The van der Waals surface area contributed by atoms with Gasteiger partial charge in [0, 0.05) is 56.7 Å². The molecule has 3 aliphatic rings. The van der Waals surface area contributed by atoms with Crippen LogP contribution in [-0.4, -0.2) is 59.1 Å². The van der Waals surface area contributed by atoms with Gasteiger partial charge in [-0.05, 0) is 80.1 Å². The largest absolute Gasteiger partial charge is 0.444 e. The summed E-state index contributed by atoms with van der Waals surface area (Å²) in [4.78, 5) is 33.7. The van der Waals surface area contributed by atoms with Gasteiger partial charge in [-0.15, -0.1) is 12.4 Å². The molecule has 4 N–H and O–H groups in total. The molecule has 0 aromatic heterocycles. The molecule has 41 heavy (non-hydrogen) atoms. The lowest BCUT2D eigenvalue weighted by molar-refractivity contribution is -0.120. The number of Topliss-reactive ketones (excluding diaryl/α,β-unsaturated/α-hetero) is 1. The van der Waals surface area contributed by atoms with Crippen LogP contribution in [0.3, 0.4) is 0 Å². The van der Waals surface area contributed by atoms with Crippen LogP contribution < -0.4 is 16.4 Å².